The number of likely N-dealkylation sites (tertiary alicyclic amines) is 2. The summed E-state index contributed by atoms with van der Waals surface area (Å²) in [5.41, 5.74) is 1.48. The van der Waals surface area contributed by atoms with E-state index in [1.54, 1.807) is 7.11 Å². The second-order valence-corrected chi connectivity index (χ2v) is 18.4. The van der Waals surface area contributed by atoms with E-state index in [9.17, 15) is 22.8 Å². The Labute approximate surface area is 350 Å². The fourth-order valence-corrected chi connectivity index (χ4v) is 9.96. The maximum Gasteiger partial charge on any atom is 0.259 e. The van der Waals surface area contributed by atoms with Crippen LogP contribution in [-0.4, -0.2) is 96.5 Å². The third kappa shape index (κ3) is 8.74. The van der Waals surface area contributed by atoms with Gasteiger partial charge in [-0.15, -0.1) is 6.58 Å². The van der Waals surface area contributed by atoms with Gasteiger partial charge in [-0.2, -0.15) is 0 Å². The van der Waals surface area contributed by atoms with Crippen molar-refractivity contribution >= 4 is 44.6 Å². The summed E-state index contributed by atoms with van der Waals surface area (Å²) in [4.78, 5) is 65.4. The van der Waals surface area contributed by atoms with Gasteiger partial charge >= 0.3 is 0 Å². The lowest BCUT2D eigenvalue weighted by atomic mass is 9.93. The van der Waals surface area contributed by atoms with E-state index in [1.807, 2.05) is 89.8 Å². The van der Waals surface area contributed by atoms with Crippen molar-refractivity contribution in [3.05, 3.63) is 103 Å². The number of carbonyl (C=O) groups is 4. The Morgan fingerprint density at radius 1 is 0.967 bits per heavy atom. The first kappa shape index (κ1) is 41.0. The van der Waals surface area contributed by atoms with Crippen LogP contribution in [0.15, 0.2) is 97.6 Å². The van der Waals surface area contributed by atoms with E-state index in [1.165, 1.54) is 11.0 Å². The van der Waals surface area contributed by atoms with E-state index >= 15 is 4.79 Å². The van der Waals surface area contributed by atoms with Gasteiger partial charge in [0.1, 0.15) is 29.2 Å². The Hall–Kier alpha value is -5.76. The van der Waals surface area contributed by atoms with E-state index in [0.717, 1.165) is 30.4 Å². The average molecular weight is 834 g/mol. The zero-order valence-corrected chi connectivity index (χ0v) is 34.6. The Kier molecular flexibility index (Phi) is 11.7. The molecule has 0 spiro atoms. The molecule has 4 amide bonds. The summed E-state index contributed by atoms with van der Waals surface area (Å²) in [7, 11) is -2.33. The van der Waals surface area contributed by atoms with Crippen LogP contribution in [0.25, 0.3) is 22.2 Å². The molecule has 2 saturated heterocycles. The number of nitrogens with zero attached hydrogens (tertiary/aromatic N) is 3. The van der Waals surface area contributed by atoms with E-state index in [0.29, 0.717) is 54.0 Å². The highest BCUT2D eigenvalue weighted by Crippen LogP contribution is 2.46. The number of ether oxygens (including phenoxy) is 2. The number of pyridine rings is 1. The molecule has 3 aromatic carbocycles. The zero-order valence-electron chi connectivity index (χ0n) is 33.8. The molecule has 60 heavy (non-hydrogen) atoms. The molecule has 0 radical (unpaired) electrons. The second-order valence-electron chi connectivity index (χ2n) is 16.5. The van der Waals surface area contributed by atoms with Crippen LogP contribution in [0.2, 0.25) is 0 Å². The molecule has 4 unspecified atom stereocenters. The number of hydrogen-bond acceptors (Lipinski definition) is 9. The van der Waals surface area contributed by atoms with Gasteiger partial charge in [-0.3, -0.25) is 23.9 Å². The molecule has 2 N–H and O–H groups in total. The second kappa shape index (κ2) is 17.1. The number of fused-ring (bicyclic) bond motifs is 1. The standard InChI is InChI=1S/C46H51N5O8S/c1-3-33-28-46(33,45(55)49-60(56,57)36-18-19-36)48-43(53)40-26-35(59-41-27-38(31-15-9-5-10-16-31)47-39-25-34(58-2)17-20-37(39)41)29-51(40)44(54)32(23-30-13-7-4-8-14-30)24-42(52)50-21-11-6-12-22-50/h3-5,7-10,13-17,20,25,27,32-33,35-36,40H,1,6,11-12,18-19,21-24,26,28-29H2,2H3,(H,48,53)(H,49,55)/t32?,33?,35-,40?,46?/m1/s1. The van der Waals surface area contributed by atoms with Gasteiger partial charge in [0.15, 0.2) is 0 Å². The molecule has 14 heteroatoms. The number of piperidine rings is 1. The lowest BCUT2D eigenvalue weighted by molar-refractivity contribution is -0.145. The predicted octanol–water partition coefficient (Wildman–Crippen LogP) is 5.19. The van der Waals surface area contributed by atoms with Crippen LogP contribution in [-0.2, 0) is 35.6 Å². The van der Waals surface area contributed by atoms with Crippen molar-refractivity contribution < 1.29 is 37.1 Å². The minimum atomic E-state index is -3.91. The number of sulfonamides is 1. The molecule has 314 valence electrons. The molecule has 8 rings (SSSR count). The molecule has 13 nitrogen and oxygen atoms in total. The summed E-state index contributed by atoms with van der Waals surface area (Å²) >= 11 is 0. The number of rotatable bonds is 15. The van der Waals surface area contributed by atoms with Crippen molar-refractivity contribution in [2.24, 2.45) is 11.8 Å². The third-order valence-electron chi connectivity index (χ3n) is 12.2. The molecular weight excluding hydrogens is 783 g/mol. The summed E-state index contributed by atoms with van der Waals surface area (Å²) in [6.07, 6.45) is 5.09. The van der Waals surface area contributed by atoms with Gasteiger partial charge < -0.3 is 24.6 Å². The van der Waals surface area contributed by atoms with Crippen molar-refractivity contribution in [3.8, 4) is 22.8 Å². The average Bonchev–Trinajstić information content (AvgIpc) is 4.20. The molecule has 4 fully saturated rings. The number of carbonyl (C=O) groups excluding carboxylic acids is 4. The first-order valence-corrected chi connectivity index (χ1v) is 22.4. The quantitative estimate of drug-likeness (QED) is 0.154. The molecule has 2 aliphatic carbocycles. The van der Waals surface area contributed by atoms with Gasteiger partial charge in [0.05, 0.1) is 36.0 Å². The van der Waals surface area contributed by atoms with E-state index < -0.39 is 56.6 Å². The predicted molar refractivity (Wildman–Crippen MR) is 226 cm³/mol. The van der Waals surface area contributed by atoms with Gasteiger partial charge in [0.2, 0.25) is 27.7 Å². The Morgan fingerprint density at radius 2 is 1.68 bits per heavy atom. The van der Waals surface area contributed by atoms with Crippen molar-refractivity contribution in [1.29, 1.82) is 0 Å². The topological polar surface area (TPSA) is 164 Å². The van der Waals surface area contributed by atoms with E-state index in [2.05, 4.69) is 16.6 Å². The number of nitrogens with one attached hydrogen (secondary N) is 2. The van der Waals surface area contributed by atoms with Crippen LogP contribution in [0.3, 0.4) is 0 Å². The summed E-state index contributed by atoms with van der Waals surface area (Å²) in [6, 6.07) is 25.4. The molecule has 4 aliphatic rings. The van der Waals surface area contributed by atoms with E-state index in [4.69, 9.17) is 14.5 Å². The summed E-state index contributed by atoms with van der Waals surface area (Å²) < 4.78 is 40.2. The number of amides is 4. The molecular formula is C46H51N5O8S. The normalized spacial score (nSPS) is 23.1. The Morgan fingerprint density at radius 3 is 2.35 bits per heavy atom. The fourth-order valence-electron chi connectivity index (χ4n) is 8.59. The molecule has 5 atom stereocenters. The SMILES string of the molecule is C=CC1CC1(NC(=O)C1C[C@@H](Oc2cc(-c3ccccc3)nc3cc(OC)ccc23)CN1C(=O)C(CC(=O)N1CCCCC1)Cc1ccccc1)C(=O)NS(=O)(=O)C1CC1. The van der Waals surface area contributed by atoms with Crippen molar-refractivity contribution in [1.82, 2.24) is 24.8 Å². The van der Waals surface area contributed by atoms with Crippen LogP contribution in [0, 0.1) is 11.8 Å². The molecule has 1 aromatic heterocycles. The summed E-state index contributed by atoms with van der Waals surface area (Å²) in [5.74, 6) is -2.12. The van der Waals surface area contributed by atoms with Crippen LogP contribution < -0.4 is 19.5 Å². The van der Waals surface area contributed by atoms with Crippen molar-refractivity contribution in [2.75, 3.05) is 26.7 Å². The first-order valence-electron chi connectivity index (χ1n) is 20.8. The van der Waals surface area contributed by atoms with Gasteiger partial charge in [-0.1, -0.05) is 66.7 Å². The van der Waals surface area contributed by atoms with E-state index in [-0.39, 0.29) is 44.0 Å². The maximum absolute atomic E-state index is 15.0. The van der Waals surface area contributed by atoms with Crippen LogP contribution in [0.1, 0.15) is 56.9 Å². The minimum Gasteiger partial charge on any atom is -0.497 e. The van der Waals surface area contributed by atoms with Gasteiger partial charge in [0.25, 0.3) is 5.91 Å². The largest absolute Gasteiger partial charge is 0.497 e. The minimum absolute atomic E-state index is 0.0148. The van der Waals surface area contributed by atoms with Crippen LogP contribution in [0.5, 0.6) is 11.5 Å². The highest BCUT2D eigenvalue weighted by Gasteiger charge is 2.62. The fraction of sp³-hybridized carbons (Fsp3) is 0.413. The van der Waals surface area contributed by atoms with Crippen molar-refractivity contribution in [3.63, 3.8) is 0 Å². The number of methoxy groups -OCH3 is 1. The monoisotopic (exact) mass is 833 g/mol. The molecule has 2 saturated carbocycles. The van der Waals surface area contributed by atoms with Gasteiger partial charge in [-0.25, -0.2) is 13.4 Å². The molecule has 2 aliphatic heterocycles. The van der Waals surface area contributed by atoms with Crippen LogP contribution in [0.4, 0.5) is 0 Å². The van der Waals surface area contributed by atoms with Crippen molar-refractivity contribution in [2.45, 2.75) is 80.7 Å². The molecule has 4 aromatic rings. The number of hydrogen-bond donors (Lipinski definition) is 2. The maximum atomic E-state index is 15.0. The summed E-state index contributed by atoms with van der Waals surface area (Å²) in [5, 5.41) is 2.94. The highest BCUT2D eigenvalue weighted by atomic mass is 32.2. The Balaban J connectivity index is 1.13. The lowest BCUT2D eigenvalue weighted by Crippen LogP contribution is -2.57. The van der Waals surface area contributed by atoms with Gasteiger partial charge in [0, 0.05) is 54.9 Å². The first-order chi connectivity index (χ1) is 29.0. The third-order valence-corrected chi connectivity index (χ3v) is 14.1. The molecule has 0 bridgehead atoms. The molecule has 3 heterocycles. The zero-order chi connectivity index (χ0) is 42.0. The summed E-state index contributed by atoms with van der Waals surface area (Å²) in [6.45, 7) is 5.12. The van der Waals surface area contributed by atoms with Gasteiger partial charge in [-0.05, 0) is 62.6 Å². The highest BCUT2D eigenvalue weighted by molar-refractivity contribution is 7.91. The number of aromatic nitrogens is 1. The van der Waals surface area contributed by atoms with Crippen LogP contribution >= 0.6 is 0 Å². The smallest absolute Gasteiger partial charge is 0.259 e. The Bertz CT molecular complexity index is 2390. The lowest BCUT2D eigenvalue weighted by Gasteiger charge is -2.31. The number of benzene rings is 3.